The molecule has 0 aromatic carbocycles. The first-order valence-electron chi connectivity index (χ1n) is 4.80. The molecule has 1 N–H and O–H groups in total. The molecule has 0 saturated carbocycles. The van der Waals surface area contributed by atoms with Crippen LogP contribution in [0, 0.1) is 23.2 Å². The van der Waals surface area contributed by atoms with Gasteiger partial charge in [0.15, 0.2) is 5.60 Å². The molecule has 4 aliphatic heterocycles. The predicted molar refractivity (Wildman–Crippen MR) is 45.6 cm³/mol. The molecule has 0 atom stereocenters. The Balaban J connectivity index is 1.99. The van der Waals surface area contributed by atoms with Crippen molar-refractivity contribution < 1.29 is 5.11 Å². The zero-order valence-electron chi connectivity index (χ0n) is 7.48. The molecule has 0 aromatic rings. The average Bonchev–Trinajstić information content (AvgIpc) is 2.13. The Morgan fingerprint density at radius 3 is 2.00 bits per heavy atom. The number of rotatable bonds is 0. The van der Waals surface area contributed by atoms with Crippen molar-refractivity contribution in [3.63, 3.8) is 0 Å². The van der Waals surface area contributed by atoms with E-state index in [9.17, 15) is 5.11 Å². The standard InChI is InChI=1S/C9H13N3O/c10-5-9(13)7-1-11-3-8(9)4-12(2-7)6-11/h7-8,13H,1-4,6H2. The first-order valence-corrected chi connectivity index (χ1v) is 4.80. The molecular weight excluding hydrogens is 166 g/mol. The van der Waals surface area contributed by atoms with E-state index in [0.29, 0.717) is 0 Å². The molecule has 0 spiro atoms. The van der Waals surface area contributed by atoms with Crippen molar-refractivity contribution in [2.75, 3.05) is 32.8 Å². The summed E-state index contributed by atoms with van der Waals surface area (Å²) >= 11 is 0. The molecule has 4 rings (SSSR count). The fourth-order valence-corrected chi connectivity index (χ4v) is 3.10. The van der Waals surface area contributed by atoms with Crippen LogP contribution in [-0.2, 0) is 0 Å². The minimum Gasteiger partial charge on any atom is -0.375 e. The summed E-state index contributed by atoms with van der Waals surface area (Å²) in [6.07, 6.45) is 0. The van der Waals surface area contributed by atoms with E-state index in [2.05, 4.69) is 15.9 Å². The first kappa shape index (κ1) is 7.74. The molecule has 4 nitrogen and oxygen atoms in total. The molecule has 4 fully saturated rings. The lowest BCUT2D eigenvalue weighted by Crippen LogP contribution is -2.72. The number of nitrogens with zero attached hydrogens (tertiary/aromatic N) is 3. The quantitative estimate of drug-likeness (QED) is 0.488. The Bertz CT molecular complexity index is 255. The van der Waals surface area contributed by atoms with Gasteiger partial charge in [0.1, 0.15) is 0 Å². The molecular formula is C9H13N3O. The molecule has 4 aliphatic rings. The zero-order valence-corrected chi connectivity index (χ0v) is 7.48. The highest BCUT2D eigenvalue weighted by Crippen LogP contribution is 2.40. The third-order valence-corrected chi connectivity index (χ3v) is 3.74. The van der Waals surface area contributed by atoms with Crippen LogP contribution in [-0.4, -0.2) is 53.4 Å². The summed E-state index contributed by atoms with van der Waals surface area (Å²) < 4.78 is 0. The van der Waals surface area contributed by atoms with Gasteiger partial charge in [-0.3, -0.25) is 9.80 Å². The van der Waals surface area contributed by atoms with E-state index in [-0.39, 0.29) is 11.8 Å². The Kier molecular flexibility index (Phi) is 1.33. The van der Waals surface area contributed by atoms with Crippen molar-refractivity contribution in [1.82, 2.24) is 9.80 Å². The van der Waals surface area contributed by atoms with E-state index in [1.807, 2.05) is 0 Å². The van der Waals surface area contributed by atoms with Crippen molar-refractivity contribution >= 4 is 0 Å². The van der Waals surface area contributed by atoms with Gasteiger partial charge in [-0.25, -0.2) is 0 Å². The van der Waals surface area contributed by atoms with E-state index in [0.717, 1.165) is 32.8 Å². The number of hydrogen-bond acceptors (Lipinski definition) is 4. The van der Waals surface area contributed by atoms with Crippen LogP contribution in [0.15, 0.2) is 0 Å². The monoisotopic (exact) mass is 179 g/mol. The molecule has 13 heavy (non-hydrogen) atoms. The van der Waals surface area contributed by atoms with Gasteiger partial charge in [-0.2, -0.15) is 5.26 Å². The fourth-order valence-electron chi connectivity index (χ4n) is 3.10. The van der Waals surface area contributed by atoms with Crippen molar-refractivity contribution in [3.8, 4) is 6.07 Å². The van der Waals surface area contributed by atoms with Crippen LogP contribution in [0.25, 0.3) is 0 Å². The maximum Gasteiger partial charge on any atom is 0.161 e. The number of nitriles is 1. The maximum atomic E-state index is 10.2. The van der Waals surface area contributed by atoms with Crippen LogP contribution < -0.4 is 0 Å². The maximum absolute atomic E-state index is 10.2. The third kappa shape index (κ3) is 0.845. The van der Waals surface area contributed by atoms with Crippen LogP contribution >= 0.6 is 0 Å². The van der Waals surface area contributed by atoms with Crippen molar-refractivity contribution in [3.05, 3.63) is 0 Å². The van der Waals surface area contributed by atoms with Gasteiger partial charge in [0.05, 0.1) is 12.7 Å². The lowest BCUT2D eigenvalue weighted by atomic mass is 9.69. The molecule has 4 heteroatoms. The summed E-state index contributed by atoms with van der Waals surface area (Å²) in [5.74, 6) is 0.303. The second kappa shape index (κ2) is 2.24. The second-order valence-corrected chi connectivity index (χ2v) is 4.54. The van der Waals surface area contributed by atoms with Gasteiger partial charge in [0.25, 0.3) is 0 Å². The molecule has 4 heterocycles. The molecule has 0 amide bonds. The van der Waals surface area contributed by atoms with Gasteiger partial charge in [0.2, 0.25) is 0 Å². The second-order valence-electron chi connectivity index (χ2n) is 4.54. The molecule has 0 aromatic heterocycles. The van der Waals surface area contributed by atoms with Gasteiger partial charge >= 0.3 is 0 Å². The molecule has 0 unspecified atom stereocenters. The van der Waals surface area contributed by atoms with Gasteiger partial charge < -0.3 is 5.11 Å². The average molecular weight is 179 g/mol. The predicted octanol–water partition coefficient (Wildman–Crippen LogP) is -0.924. The van der Waals surface area contributed by atoms with Crippen LogP contribution in [0.3, 0.4) is 0 Å². The van der Waals surface area contributed by atoms with Crippen LogP contribution in [0.1, 0.15) is 0 Å². The lowest BCUT2D eigenvalue weighted by molar-refractivity contribution is -0.175. The number of hydrogen-bond donors (Lipinski definition) is 1. The minimum absolute atomic E-state index is 0.152. The molecule has 0 aliphatic carbocycles. The van der Waals surface area contributed by atoms with Crippen LogP contribution in [0.2, 0.25) is 0 Å². The highest BCUT2D eigenvalue weighted by Gasteiger charge is 2.56. The Morgan fingerprint density at radius 1 is 1.15 bits per heavy atom. The molecule has 4 bridgehead atoms. The molecule has 4 saturated heterocycles. The van der Waals surface area contributed by atoms with E-state index in [1.54, 1.807) is 0 Å². The van der Waals surface area contributed by atoms with E-state index < -0.39 is 5.60 Å². The summed E-state index contributed by atoms with van der Waals surface area (Å²) in [6.45, 7) is 4.64. The smallest absolute Gasteiger partial charge is 0.161 e. The van der Waals surface area contributed by atoms with E-state index in [1.165, 1.54) is 0 Å². The van der Waals surface area contributed by atoms with Crippen molar-refractivity contribution in [2.24, 2.45) is 11.8 Å². The van der Waals surface area contributed by atoms with E-state index >= 15 is 0 Å². The van der Waals surface area contributed by atoms with Crippen molar-refractivity contribution in [1.29, 1.82) is 5.26 Å². The Hall–Kier alpha value is -0.630. The van der Waals surface area contributed by atoms with Gasteiger partial charge in [0, 0.05) is 38.0 Å². The van der Waals surface area contributed by atoms with E-state index in [4.69, 9.17) is 5.26 Å². The zero-order chi connectivity index (χ0) is 9.05. The summed E-state index contributed by atoms with van der Waals surface area (Å²) in [5.41, 5.74) is -1.03. The van der Waals surface area contributed by atoms with Gasteiger partial charge in [-0.1, -0.05) is 0 Å². The molecule has 0 radical (unpaired) electrons. The third-order valence-electron chi connectivity index (χ3n) is 3.74. The fraction of sp³-hybridized carbons (Fsp3) is 0.889. The lowest BCUT2D eigenvalue weighted by Gasteiger charge is -2.58. The number of piperidine rings is 2. The summed E-state index contributed by atoms with van der Waals surface area (Å²) in [6, 6.07) is 2.13. The highest BCUT2D eigenvalue weighted by molar-refractivity contribution is 5.17. The minimum atomic E-state index is -1.03. The SMILES string of the molecule is N#CC1(O)C2CN3CC1CN(C2)C3. The summed E-state index contributed by atoms with van der Waals surface area (Å²) in [7, 11) is 0. The van der Waals surface area contributed by atoms with Crippen LogP contribution in [0.4, 0.5) is 0 Å². The topological polar surface area (TPSA) is 50.5 Å². The normalized spacial score (nSPS) is 57.8. The number of aliphatic hydroxyl groups is 1. The highest BCUT2D eigenvalue weighted by atomic mass is 16.3. The summed E-state index contributed by atoms with van der Waals surface area (Å²) in [5, 5.41) is 19.2. The Labute approximate surface area is 77.3 Å². The Morgan fingerprint density at radius 2 is 1.62 bits per heavy atom. The van der Waals surface area contributed by atoms with Gasteiger partial charge in [-0.05, 0) is 0 Å². The summed E-state index contributed by atoms with van der Waals surface area (Å²) in [4.78, 5) is 4.68. The van der Waals surface area contributed by atoms with Crippen LogP contribution in [0.5, 0.6) is 0 Å². The van der Waals surface area contributed by atoms with Gasteiger partial charge in [-0.15, -0.1) is 0 Å². The molecule has 70 valence electrons. The first-order chi connectivity index (χ1) is 6.22. The van der Waals surface area contributed by atoms with Crippen molar-refractivity contribution in [2.45, 2.75) is 5.60 Å². The largest absolute Gasteiger partial charge is 0.375 e.